The molecule has 0 saturated carbocycles. The summed E-state index contributed by atoms with van der Waals surface area (Å²) in [6.07, 6.45) is 0.318. The number of halogens is 1. The normalized spacial score (nSPS) is 10.0. The highest BCUT2D eigenvalue weighted by atomic mass is 35.5. The molecule has 0 saturated heterocycles. The van der Waals surface area contributed by atoms with Crippen LogP contribution in [0.1, 0.15) is 18.9 Å². The Kier molecular flexibility index (Phi) is 5.16. The van der Waals surface area contributed by atoms with Crippen LogP contribution < -0.4 is 10.2 Å². The van der Waals surface area contributed by atoms with Gasteiger partial charge in [-0.1, -0.05) is 17.7 Å². The van der Waals surface area contributed by atoms with Crippen molar-refractivity contribution < 1.29 is 9.59 Å². The molecule has 0 aromatic heterocycles. The molecule has 0 aliphatic rings. The highest BCUT2D eigenvalue weighted by Crippen LogP contribution is 2.23. The lowest BCUT2D eigenvalue weighted by atomic mass is 10.2. The zero-order valence-corrected chi connectivity index (χ0v) is 11.5. The van der Waals surface area contributed by atoms with Gasteiger partial charge in [0.2, 0.25) is 0 Å². The number of ketones is 1. The first-order valence-corrected chi connectivity index (χ1v) is 6.08. The van der Waals surface area contributed by atoms with Crippen molar-refractivity contribution in [1.82, 2.24) is 5.32 Å². The van der Waals surface area contributed by atoms with Gasteiger partial charge in [0.25, 0.3) is 0 Å². The highest BCUT2D eigenvalue weighted by Gasteiger charge is 2.15. The van der Waals surface area contributed by atoms with Crippen molar-refractivity contribution in [3.63, 3.8) is 0 Å². The number of amides is 2. The molecule has 4 nitrogen and oxygen atoms in total. The summed E-state index contributed by atoms with van der Waals surface area (Å²) in [6, 6.07) is 5.14. The van der Waals surface area contributed by atoms with Gasteiger partial charge in [-0.05, 0) is 31.5 Å². The standard InChI is InChI=1S/C13H17ClN2O2/c1-9-4-5-11(8-12(9)14)16(13(18)15-3)7-6-10(2)17/h4-5,8H,6-7H2,1-3H3,(H,15,18). The first-order valence-electron chi connectivity index (χ1n) is 5.70. The van der Waals surface area contributed by atoms with Crippen LogP contribution in [0.3, 0.4) is 0 Å². The van der Waals surface area contributed by atoms with E-state index in [1.165, 1.54) is 11.8 Å². The molecule has 0 radical (unpaired) electrons. The van der Waals surface area contributed by atoms with Gasteiger partial charge < -0.3 is 5.32 Å². The van der Waals surface area contributed by atoms with Crippen molar-refractivity contribution in [2.45, 2.75) is 20.3 Å². The lowest BCUT2D eigenvalue weighted by Gasteiger charge is -2.22. The van der Waals surface area contributed by atoms with E-state index in [9.17, 15) is 9.59 Å². The Morgan fingerprint density at radius 3 is 2.56 bits per heavy atom. The van der Waals surface area contributed by atoms with Crippen LogP contribution in [0.2, 0.25) is 5.02 Å². The Morgan fingerprint density at radius 1 is 1.39 bits per heavy atom. The molecule has 2 amide bonds. The van der Waals surface area contributed by atoms with Gasteiger partial charge in [-0.25, -0.2) is 4.79 Å². The van der Waals surface area contributed by atoms with Crippen LogP contribution in [0.15, 0.2) is 18.2 Å². The van der Waals surface area contributed by atoms with Crippen molar-refractivity contribution >= 4 is 29.1 Å². The lowest BCUT2D eigenvalue weighted by Crippen LogP contribution is -2.39. The van der Waals surface area contributed by atoms with Crippen LogP contribution >= 0.6 is 11.6 Å². The van der Waals surface area contributed by atoms with E-state index in [2.05, 4.69) is 5.32 Å². The molecule has 5 heteroatoms. The fourth-order valence-electron chi connectivity index (χ4n) is 1.50. The molecule has 0 atom stereocenters. The monoisotopic (exact) mass is 268 g/mol. The second kappa shape index (κ2) is 6.40. The third-order valence-corrected chi connectivity index (χ3v) is 3.02. The molecule has 98 valence electrons. The average Bonchev–Trinajstić information content (AvgIpc) is 2.33. The number of hydrogen-bond donors (Lipinski definition) is 1. The predicted octanol–water partition coefficient (Wildman–Crippen LogP) is 2.77. The number of Topliss-reactive ketones (excluding diaryl/α,β-unsaturated/α-hetero) is 1. The molecule has 0 aliphatic heterocycles. The number of carbonyl (C=O) groups excluding carboxylic acids is 2. The number of rotatable bonds is 4. The SMILES string of the molecule is CNC(=O)N(CCC(C)=O)c1ccc(C)c(Cl)c1. The number of anilines is 1. The lowest BCUT2D eigenvalue weighted by molar-refractivity contribution is -0.116. The van der Waals surface area contributed by atoms with Crippen LogP contribution in [0.25, 0.3) is 0 Å². The van der Waals surface area contributed by atoms with E-state index in [0.717, 1.165) is 5.56 Å². The summed E-state index contributed by atoms with van der Waals surface area (Å²) in [6.45, 7) is 3.74. The van der Waals surface area contributed by atoms with Crippen LogP contribution in [-0.4, -0.2) is 25.4 Å². The van der Waals surface area contributed by atoms with Gasteiger partial charge >= 0.3 is 6.03 Å². The van der Waals surface area contributed by atoms with Gasteiger partial charge in [-0.2, -0.15) is 0 Å². The van der Waals surface area contributed by atoms with Gasteiger partial charge in [0.1, 0.15) is 5.78 Å². The molecule has 1 N–H and O–H groups in total. The number of carbonyl (C=O) groups is 2. The van der Waals surface area contributed by atoms with E-state index in [1.54, 1.807) is 13.1 Å². The van der Waals surface area contributed by atoms with Crippen molar-refractivity contribution in [2.75, 3.05) is 18.5 Å². The predicted molar refractivity (Wildman–Crippen MR) is 73.3 cm³/mol. The molecule has 0 bridgehead atoms. The van der Waals surface area contributed by atoms with Crippen LogP contribution in [0, 0.1) is 6.92 Å². The maximum atomic E-state index is 11.8. The van der Waals surface area contributed by atoms with E-state index in [4.69, 9.17) is 11.6 Å². The van der Waals surface area contributed by atoms with Crippen LogP contribution in [0.4, 0.5) is 10.5 Å². The van der Waals surface area contributed by atoms with Crippen molar-refractivity contribution in [3.05, 3.63) is 28.8 Å². The largest absolute Gasteiger partial charge is 0.341 e. The Bertz CT molecular complexity index is 460. The zero-order chi connectivity index (χ0) is 13.7. The quantitative estimate of drug-likeness (QED) is 0.913. The molecule has 0 unspecified atom stereocenters. The van der Waals surface area contributed by atoms with Gasteiger partial charge in [-0.3, -0.25) is 9.69 Å². The number of aryl methyl sites for hydroxylation is 1. The maximum absolute atomic E-state index is 11.8. The van der Waals surface area contributed by atoms with E-state index in [1.807, 2.05) is 19.1 Å². The summed E-state index contributed by atoms with van der Waals surface area (Å²) in [5, 5.41) is 3.16. The number of nitrogens with one attached hydrogen (secondary N) is 1. The molecule has 1 aromatic carbocycles. The smallest absolute Gasteiger partial charge is 0.321 e. The van der Waals surface area contributed by atoms with Crippen molar-refractivity contribution in [2.24, 2.45) is 0 Å². The van der Waals surface area contributed by atoms with Crippen LogP contribution in [0.5, 0.6) is 0 Å². The summed E-state index contributed by atoms with van der Waals surface area (Å²) in [4.78, 5) is 24.3. The summed E-state index contributed by atoms with van der Waals surface area (Å²) in [7, 11) is 1.55. The second-order valence-electron chi connectivity index (χ2n) is 4.09. The molecule has 0 heterocycles. The Hall–Kier alpha value is -1.55. The Labute approximate surface area is 112 Å². The van der Waals surface area contributed by atoms with Gasteiger partial charge in [0.05, 0.1) is 0 Å². The second-order valence-corrected chi connectivity index (χ2v) is 4.50. The van der Waals surface area contributed by atoms with Gasteiger partial charge in [0.15, 0.2) is 0 Å². The minimum absolute atomic E-state index is 0.0436. The Balaban J connectivity index is 2.97. The molecule has 1 rings (SSSR count). The van der Waals surface area contributed by atoms with Gasteiger partial charge in [-0.15, -0.1) is 0 Å². The first-order chi connectivity index (χ1) is 8.45. The topological polar surface area (TPSA) is 49.4 Å². The molecule has 0 spiro atoms. The molecular weight excluding hydrogens is 252 g/mol. The van der Waals surface area contributed by atoms with Crippen molar-refractivity contribution in [3.8, 4) is 0 Å². The van der Waals surface area contributed by atoms with Crippen molar-refractivity contribution in [1.29, 1.82) is 0 Å². The minimum Gasteiger partial charge on any atom is -0.341 e. The third kappa shape index (κ3) is 3.74. The molecule has 0 aliphatic carbocycles. The number of benzene rings is 1. The molecule has 18 heavy (non-hydrogen) atoms. The minimum atomic E-state index is -0.254. The van der Waals surface area contributed by atoms with E-state index in [-0.39, 0.29) is 11.8 Å². The zero-order valence-electron chi connectivity index (χ0n) is 10.8. The fourth-order valence-corrected chi connectivity index (χ4v) is 1.68. The van der Waals surface area contributed by atoms with Gasteiger partial charge in [0, 0.05) is 30.7 Å². The number of hydrogen-bond acceptors (Lipinski definition) is 2. The summed E-state index contributed by atoms with van der Waals surface area (Å²) >= 11 is 6.04. The van der Waals surface area contributed by atoms with E-state index in [0.29, 0.717) is 23.7 Å². The Morgan fingerprint density at radius 2 is 2.06 bits per heavy atom. The molecular formula is C13H17ClN2O2. The average molecular weight is 269 g/mol. The molecule has 1 aromatic rings. The molecule has 0 fully saturated rings. The summed E-state index contributed by atoms with van der Waals surface area (Å²) in [5.41, 5.74) is 1.63. The third-order valence-electron chi connectivity index (χ3n) is 2.61. The highest BCUT2D eigenvalue weighted by molar-refractivity contribution is 6.31. The maximum Gasteiger partial charge on any atom is 0.321 e. The van der Waals surface area contributed by atoms with E-state index < -0.39 is 0 Å². The number of urea groups is 1. The number of nitrogens with zero attached hydrogens (tertiary/aromatic N) is 1. The first kappa shape index (κ1) is 14.5. The summed E-state index contributed by atoms with van der Waals surface area (Å²) in [5.74, 6) is 0.0436. The van der Waals surface area contributed by atoms with Crippen LogP contribution in [-0.2, 0) is 4.79 Å². The summed E-state index contributed by atoms with van der Waals surface area (Å²) < 4.78 is 0. The fraction of sp³-hybridized carbons (Fsp3) is 0.385. The van der Waals surface area contributed by atoms with E-state index >= 15 is 0 Å².